The van der Waals surface area contributed by atoms with Crippen LogP contribution in [0.1, 0.15) is 25.8 Å². The molecule has 7 nitrogen and oxygen atoms in total. The molecular weight excluding hydrogens is 350 g/mol. The highest BCUT2D eigenvalue weighted by molar-refractivity contribution is 5.15. The zero-order valence-electron chi connectivity index (χ0n) is 16.3. The molecule has 0 spiro atoms. The van der Waals surface area contributed by atoms with E-state index in [0.29, 0.717) is 0 Å². The SMILES string of the molecule is COCO[C@@H]1CCN(Cc2ccccc2)[C@@H]1[C@@H]1OC(C)(C)O[C@@H]1[C@H](O)CO. The van der Waals surface area contributed by atoms with E-state index in [1.807, 2.05) is 32.0 Å². The van der Waals surface area contributed by atoms with Crippen LogP contribution >= 0.6 is 0 Å². The molecule has 0 unspecified atom stereocenters. The molecule has 2 heterocycles. The quantitative estimate of drug-likeness (QED) is 0.653. The van der Waals surface area contributed by atoms with E-state index < -0.39 is 24.1 Å². The van der Waals surface area contributed by atoms with Crippen molar-refractivity contribution >= 4 is 0 Å². The van der Waals surface area contributed by atoms with E-state index in [9.17, 15) is 10.2 Å². The first kappa shape index (κ1) is 20.7. The molecule has 152 valence electrons. The molecule has 5 atom stereocenters. The molecule has 0 saturated carbocycles. The number of benzene rings is 1. The Morgan fingerprint density at radius 3 is 2.67 bits per heavy atom. The molecule has 7 heteroatoms. The normalized spacial score (nSPS) is 32.0. The second kappa shape index (κ2) is 8.96. The standard InChI is InChI=1S/C20H31NO6/c1-20(2)26-18(15(23)12-22)19(27-20)17-16(25-13-24-3)9-10-21(17)11-14-7-5-4-6-8-14/h4-8,15-19,22-23H,9-13H2,1-3H3/t15-,16-,17+,18-,19+/m1/s1. The summed E-state index contributed by atoms with van der Waals surface area (Å²) in [5.74, 6) is -0.835. The molecule has 0 aromatic heterocycles. The van der Waals surface area contributed by atoms with Gasteiger partial charge in [-0.3, -0.25) is 4.90 Å². The summed E-state index contributed by atoms with van der Waals surface area (Å²) in [6, 6.07) is 10.1. The summed E-state index contributed by atoms with van der Waals surface area (Å²) in [6.07, 6.45) is -1.33. The van der Waals surface area contributed by atoms with Gasteiger partial charge in [0.2, 0.25) is 0 Å². The van der Waals surface area contributed by atoms with Crippen molar-refractivity contribution in [2.24, 2.45) is 0 Å². The minimum atomic E-state index is -1.01. The lowest BCUT2D eigenvalue weighted by molar-refractivity contribution is -0.164. The largest absolute Gasteiger partial charge is 0.394 e. The molecule has 1 aromatic rings. The lowest BCUT2D eigenvalue weighted by Crippen LogP contribution is -2.52. The molecular formula is C20H31NO6. The number of ether oxygens (including phenoxy) is 4. The van der Waals surface area contributed by atoms with Gasteiger partial charge in [0.1, 0.15) is 25.1 Å². The molecule has 1 aromatic carbocycles. The van der Waals surface area contributed by atoms with Crippen molar-refractivity contribution in [1.82, 2.24) is 4.90 Å². The van der Waals surface area contributed by atoms with Crippen LogP contribution in [0.25, 0.3) is 0 Å². The van der Waals surface area contributed by atoms with Gasteiger partial charge in [0, 0.05) is 20.2 Å². The van der Waals surface area contributed by atoms with Gasteiger partial charge in [-0.15, -0.1) is 0 Å². The highest BCUT2D eigenvalue weighted by Crippen LogP contribution is 2.38. The number of aliphatic hydroxyl groups is 2. The van der Waals surface area contributed by atoms with Crippen molar-refractivity contribution in [3.8, 4) is 0 Å². The predicted octanol–water partition coefficient (Wildman–Crippen LogP) is 1.12. The van der Waals surface area contributed by atoms with E-state index in [4.69, 9.17) is 18.9 Å². The number of aliphatic hydroxyl groups excluding tert-OH is 2. The Balaban J connectivity index is 1.84. The molecule has 3 rings (SSSR count). The minimum Gasteiger partial charge on any atom is -0.394 e. The van der Waals surface area contributed by atoms with Crippen LogP contribution in [0, 0.1) is 0 Å². The zero-order valence-corrected chi connectivity index (χ0v) is 16.3. The maximum atomic E-state index is 10.3. The summed E-state index contributed by atoms with van der Waals surface area (Å²) >= 11 is 0. The summed E-state index contributed by atoms with van der Waals surface area (Å²) in [5, 5.41) is 19.8. The average Bonchev–Trinajstić information content (AvgIpc) is 3.19. The monoisotopic (exact) mass is 381 g/mol. The molecule has 0 aliphatic carbocycles. The summed E-state index contributed by atoms with van der Waals surface area (Å²) < 4.78 is 23.2. The zero-order chi connectivity index (χ0) is 19.4. The number of rotatable bonds is 8. The van der Waals surface area contributed by atoms with Crippen molar-refractivity contribution < 1.29 is 29.2 Å². The summed E-state index contributed by atoms with van der Waals surface area (Å²) in [7, 11) is 1.60. The first-order chi connectivity index (χ1) is 12.9. The van der Waals surface area contributed by atoms with Gasteiger partial charge in [0.25, 0.3) is 0 Å². The number of likely N-dealkylation sites (tertiary alicyclic amines) is 1. The summed E-state index contributed by atoms with van der Waals surface area (Å²) in [5.41, 5.74) is 1.20. The predicted molar refractivity (Wildman–Crippen MR) is 98.9 cm³/mol. The van der Waals surface area contributed by atoms with E-state index in [0.717, 1.165) is 19.5 Å². The van der Waals surface area contributed by atoms with Crippen LogP contribution in [0.15, 0.2) is 30.3 Å². The Bertz CT molecular complexity index is 583. The molecule has 2 saturated heterocycles. The molecule has 2 aliphatic heterocycles. The van der Waals surface area contributed by atoms with Crippen molar-refractivity contribution in [2.45, 2.75) is 63.1 Å². The third-order valence-electron chi connectivity index (χ3n) is 5.20. The lowest BCUT2D eigenvalue weighted by Gasteiger charge is -2.35. The van der Waals surface area contributed by atoms with E-state index in [1.165, 1.54) is 5.56 Å². The first-order valence-electron chi connectivity index (χ1n) is 9.48. The Morgan fingerprint density at radius 2 is 2.00 bits per heavy atom. The summed E-state index contributed by atoms with van der Waals surface area (Å²) in [6.45, 7) is 5.06. The van der Waals surface area contributed by atoms with Crippen molar-refractivity contribution in [3.63, 3.8) is 0 Å². The van der Waals surface area contributed by atoms with Crippen molar-refractivity contribution in [3.05, 3.63) is 35.9 Å². The third kappa shape index (κ3) is 4.86. The maximum absolute atomic E-state index is 10.3. The highest BCUT2D eigenvalue weighted by Gasteiger charge is 2.53. The molecule has 2 fully saturated rings. The lowest BCUT2D eigenvalue weighted by atomic mass is 9.97. The first-order valence-corrected chi connectivity index (χ1v) is 9.48. The average molecular weight is 381 g/mol. The van der Waals surface area contributed by atoms with E-state index in [2.05, 4.69) is 17.0 Å². The van der Waals surface area contributed by atoms with Gasteiger partial charge in [0.05, 0.1) is 18.8 Å². The molecule has 0 amide bonds. The summed E-state index contributed by atoms with van der Waals surface area (Å²) in [4.78, 5) is 2.31. The second-order valence-electron chi connectivity index (χ2n) is 7.66. The van der Waals surface area contributed by atoms with Crippen molar-refractivity contribution in [2.75, 3.05) is 27.1 Å². The van der Waals surface area contributed by atoms with Crippen LogP contribution in [-0.2, 0) is 25.5 Å². The fraction of sp³-hybridized carbons (Fsp3) is 0.700. The van der Waals surface area contributed by atoms with Gasteiger partial charge < -0.3 is 29.2 Å². The van der Waals surface area contributed by atoms with Crippen LogP contribution in [0.3, 0.4) is 0 Å². The van der Waals surface area contributed by atoms with Gasteiger partial charge >= 0.3 is 0 Å². The Labute approximate surface area is 160 Å². The van der Waals surface area contributed by atoms with Crippen LogP contribution in [0.2, 0.25) is 0 Å². The van der Waals surface area contributed by atoms with Crippen LogP contribution in [-0.4, -0.2) is 78.4 Å². The maximum Gasteiger partial charge on any atom is 0.163 e. The Kier molecular flexibility index (Phi) is 6.86. The highest BCUT2D eigenvalue weighted by atomic mass is 16.8. The third-order valence-corrected chi connectivity index (χ3v) is 5.20. The molecule has 27 heavy (non-hydrogen) atoms. The van der Waals surface area contributed by atoms with Gasteiger partial charge in [-0.25, -0.2) is 0 Å². The minimum absolute atomic E-state index is 0.107. The number of hydrogen-bond acceptors (Lipinski definition) is 7. The van der Waals surface area contributed by atoms with Crippen molar-refractivity contribution in [1.29, 1.82) is 0 Å². The fourth-order valence-corrected chi connectivity index (χ4v) is 4.09. The number of hydrogen-bond donors (Lipinski definition) is 2. The van der Waals surface area contributed by atoms with Crippen LogP contribution < -0.4 is 0 Å². The molecule has 2 aliphatic rings. The molecule has 0 bridgehead atoms. The van der Waals surface area contributed by atoms with Crippen LogP contribution in [0.5, 0.6) is 0 Å². The van der Waals surface area contributed by atoms with Gasteiger partial charge in [0.15, 0.2) is 5.79 Å². The van der Waals surface area contributed by atoms with Gasteiger partial charge in [-0.05, 0) is 25.8 Å². The van der Waals surface area contributed by atoms with E-state index in [-0.39, 0.29) is 25.5 Å². The fourth-order valence-electron chi connectivity index (χ4n) is 4.09. The topological polar surface area (TPSA) is 80.6 Å². The Morgan fingerprint density at radius 1 is 1.26 bits per heavy atom. The van der Waals surface area contributed by atoms with Gasteiger partial charge in [-0.2, -0.15) is 0 Å². The van der Waals surface area contributed by atoms with E-state index in [1.54, 1.807) is 7.11 Å². The second-order valence-corrected chi connectivity index (χ2v) is 7.66. The van der Waals surface area contributed by atoms with Crippen LogP contribution in [0.4, 0.5) is 0 Å². The number of methoxy groups -OCH3 is 1. The smallest absolute Gasteiger partial charge is 0.163 e. The molecule has 2 N–H and O–H groups in total. The molecule has 0 radical (unpaired) electrons. The van der Waals surface area contributed by atoms with E-state index >= 15 is 0 Å². The number of nitrogens with zero attached hydrogens (tertiary/aromatic N) is 1. The van der Waals surface area contributed by atoms with Gasteiger partial charge in [-0.1, -0.05) is 30.3 Å². The Hall–Kier alpha value is -1.06.